The van der Waals surface area contributed by atoms with Crippen molar-refractivity contribution in [1.82, 2.24) is 14.6 Å². The van der Waals surface area contributed by atoms with Crippen molar-refractivity contribution in [3.63, 3.8) is 0 Å². The number of nitrogens with zero attached hydrogens (tertiary/aromatic N) is 5. The van der Waals surface area contributed by atoms with Gasteiger partial charge in [0.1, 0.15) is 0 Å². The van der Waals surface area contributed by atoms with Crippen LogP contribution >= 0.6 is 11.8 Å². The van der Waals surface area contributed by atoms with E-state index in [2.05, 4.69) is 10.1 Å². The molecule has 0 fully saturated rings. The van der Waals surface area contributed by atoms with E-state index in [4.69, 9.17) is 0 Å². The molecule has 2 aromatic heterocycles. The topological polar surface area (TPSA) is 95.0 Å². The van der Waals surface area contributed by atoms with E-state index >= 15 is 0 Å². The van der Waals surface area contributed by atoms with E-state index in [0.717, 1.165) is 10.9 Å². The van der Waals surface area contributed by atoms with Crippen molar-refractivity contribution in [2.45, 2.75) is 25.2 Å². The maximum atomic E-state index is 13.1. The maximum absolute atomic E-state index is 13.1. The third-order valence-corrected chi connectivity index (χ3v) is 6.14. The Kier molecular flexibility index (Phi) is 4.70. The van der Waals surface area contributed by atoms with Crippen molar-refractivity contribution in [3.05, 3.63) is 60.3 Å². The van der Waals surface area contributed by atoms with Crippen molar-refractivity contribution in [3.8, 4) is 17.1 Å². The zero-order chi connectivity index (χ0) is 22.6. The molecule has 0 saturated carbocycles. The van der Waals surface area contributed by atoms with Gasteiger partial charge in [0, 0.05) is 30.5 Å². The molecule has 1 aliphatic heterocycles. The van der Waals surface area contributed by atoms with Gasteiger partial charge in [-0.25, -0.2) is 9.88 Å². The molecular weight excluding hydrogens is 426 g/mol. The third kappa shape index (κ3) is 2.89. The van der Waals surface area contributed by atoms with Crippen molar-refractivity contribution < 1.29 is 19.4 Å². The van der Waals surface area contributed by atoms with Gasteiger partial charge in [0.05, 0.1) is 28.2 Å². The Hall–Kier alpha value is -3.72. The lowest BCUT2D eigenvalue weighted by Gasteiger charge is -2.32. The first-order chi connectivity index (χ1) is 15.4. The highest BCUT2D eigenvalue weighted by Crippen LogP contribution is 2.42. The average molecular weight is 446 g/mol. The van der Waals surface area contributed by atoms with Gasteiger partial charge in [-0.15, -0.1) is 0 Å². The van der Waals surface area contributed by atoms with Gasteiger partial charge in [-0.3, -0.25) is 14.2 Å². The van der Waals surface area contributed by atoms with Gasteiger partial charge in [-0.2, -0.15) is 0 Å². The lowest BCUT2D eigenvalue weighted by atomic mass is 10.0. The van der Waals surface area contributed by atoms with Crippen molar-refractivity contribution >= 4 is 40.2 Å². The molecule has 4 aromatic rings. The predicted molar refractivity (Wildman–Crippen MR) is 118 cm³/mol. The number of rotatable bonds is 2. The van der Waals surface area contributed by atoms with Crippen LogP contribution in [0.15, 0.2) is 59.9 Å². The summed E-state index contributed by atoms with van der Waals surface area (Å²) in [5.74, 6) is -0.780. The summed E-state index contributed by atoms with van der Waals surface area (Å²) in [6, 6.07) is 14.7. The first-order valence-corrected chi connectivity index (χ1v) is 11.2. The van der Waals surface area contributed by atoms with E-state index < -0.39 is 12.0 Å². The highest BCUT2D eigenvalue weighted by molar-refractivity contribution is 7.98. The number of hydrogen-bond donors (Lipinski definition) is 0. The summed E-state index contributed by atoms with van der Waals surface area (Å²) in [6.07, 6.45) is 2.76. The number of para-hydroxylation sites is 2. The van der Waals surface area contributed by atoms with E-state index in [-0.39, 0.29) is 11.8 Å². The number of anilines is 1. The minimum Gasteiger partial charge on any atom is -0.854 e. The van der Waals surface area contributed by atoms with Gasteiger partial charge in [0.2, 0.25) is 11.8 Å². The number of hydrogen-bond acceptors (Lipinski definition) is 6. The third-order valence-electron chi connectivity index (χ3n) is 5.60. The summed E-state index contributed by atoms with van der Waals surface area (Å²) in [4.78, 5) is 31.1. The Morgan fingerprint density at radius 2 is 1.78 bits per heavy atom. The molecule has 0 radical (unpaired) electrons. The van der Waals surface area contributed by atoms with Gasteiger partial charge in [-0.05, 0) is 24.5 Å². The number of amides is 1. The quantitative estimate of drug-likeness (QED) is 0.348. The molecule has 1 atom stereocenters. The SMILES string of the molecule is CSc1nc([O-])c2[n+](n1)C(c1cn(C(C)=O)c3ccccc13)N(C(C)=O)c1ccccc1-2. The fraction of sp³-hybridized carbons (Fsp3) is 0.174. The Bertz CT molecular complexity index is 1410. The molecule has 5 rings (SSSR count). The number of carbonyl (C=O) groups excluding carboxylic acids is 2. The zero-order valence-corrected chi connectivity index (χ0v) is 18.5. The molecule has 8 nitrogen and oxygen atoms in total. The van der Waals surface area contributed by atoms with Crippen LogP contribution in [-0.4, -0.2) is 32.7 Å². The second kappa shape index (κ2) is 7.45. The molecule has 1 amide bonds. The van der Waals surface area contributed by atoms with Crippen molar-refractivity contribution in [2.75, 3.05) is 11.2 Å². The predicted octanol–water partition coefficient (Wildman–Crippen LogP) is 2.75. The molecule has 3 heterocycles. The molecular formula is C23H19N5O3S. The minimum absolute atomic E-state index is 0.153. The van der Waals surface area contributed by atoms with Crippen LogP contribution in [0.4, 0.5) is 5.69 Å². The van der Waals surface area contributed by atoms with Gasteiger partial charge >= 0.3 is 0 Å². The second-order valence-corrected chi connectivity index (χ2v) is 8.24. The largest absolute Gasteiger partial charge is 0.854 e. The Labute approximate surface area is 188 Å². The number of carbonyl (C=O) groups is 2. The van der Waals surface area contributed by atoms with Crippen LogP contribution in [0.5, 0.6) is 5.88 Å². The summed E-state index contributed by atoms with van der Waals surface area (Å²) < 4.78 is 3.12. The lowest BCUT2D eigenvalue weighted by molar-refractivity contribution is -0.764. The van der Waals surface area contributed by atoms with Gasteiger partial charge in [0.25, 0.3) is 17.0 Å². The highest BCUT2D eigenvalue weighted by atomic mass is 32.2. The molecule has 160 valence electrons. The number of benzene rings is 2. The van der Waals surface area contributed by atoms with E-state index in [9.17, 15) is 14.7 Å². The summed E-state index contributed by atoms with van der Waals surface area (Å²) >= 11 is 1.25. The zero-order valence-electron chi connectivity index (χ0n) is 17.6. The van der Waals surface area contributed by atoms with Gasteiger partial charge < -0.3 is 5.11 Å². The molecule has 0 N–H and O–H groups in total. The van der Waals surface area contributed by atoms with Crippen LogP contribution in [0.3, 0.4) is 0 Å². The fourth-order valence-electron chi connectivity index (χ4n) is 4.31. The van der Waals surface area contributed by atoms with Crippen molar-refractivity contribution in [2.24, 2.45) is 0 Å². The van der Waals surface area contributed by atoms with E-state index in [1.165, 1.54) is 25.6 Å². The Morgan fingerprint density at radius 3 is 2.50 bits per heavy atom. The lowest BCUT2D eigenvalue weighted by Crippen LogP contribution is -2.58. The first-order valence-electron chi connectivity index (χ1n) is 9.97. The van der Waals surface area contributed by atoms with Crippen LogP contribution in [0.1, 0.15) is 30.4 Å². The monoisotopic (exact) mass is 445 g/mol. The molecule has 0 saturated heterocycles. The first kappa shape index (κ1) is 20.2. The van der Waals surface area contributed by atoms with Crippen LogP contribution in [0, 0.1) is 0 Å². The molecule has 0 bridgehead atoms. The molecule has 9 heteroatoms. The van der Waals surface area contributed by atoms with E-state index in [0.29, 0.717) is 27.7 Å². The maximum Gasteiger partial charge on any atom is 0.295 e. The Morgan fingerprint density at radius 1 is 1.06 bits per heavy atom. The van der Waals surface area contributed by atoms with E-state index in [1.807, 2.05) is 36.4 Å². The fourth-order valence-corrected chi connectivity index (χ4v) is 4.66. The molecule has 2 aromatic carbocycles. The van der Waals surface area contributed by atoms with Crippen LogP contribution < -0.4 is 14.7 Å². The van der Waals surface area contributed by atoms with Crippen molar-refractivity contribution in [1.29, 1.82) is 0 Å². The van der Waals surface area contributed by atoms with E-state index in [1.54, 1.807) is 38.7 Å². The molecule has 1 aliphatic rings. The smallest absolute Gasteiger partial charge is 0.295 e. The highest BCUT2D eigenvalue weighted by Gasteiger charge is 2.45. The van der Waals surface area contributed by atoms with Crippen LogP contribution in [0.2, 0.25) is 0 Å². The molecule has 32 heavy (non-hydrogen) atoms. The number of thioether (sulfide) groups is 1. The summed E-state index contributed by atoms with van der Waals surface area (Å²) in [6.45, 7) is 2.97. The van der Waals surface area contributed by atoms with Crippen LogP contribution in [0.25, 0.3) is 22.2 Å². The normalized spacial score (nSPS) is 14.8. The van der Waals surface area contributed by atoms with Crippen LogP contribution in [-0.2, 0) is 4.79 Å². The van der Waals surface area contributed by atoms with Gasteiger partial charge in [-0.1, -0.05) is 46.8 Å². The average Bonchev–Trinajstić information content (AvgIpc) is 3.17. The standard InChI is InChI=1S/C23H19N5O3S/c1-13(29)26-12-17(15-8-4-6-10-18(15)26)22-27(14(2)30)19-11-7-5-9-16(19)20-21(31)24-23(32-3)25-28(20)22/h4-12,22H,1-3H3. The summed E-state index contributed by atoms with van der Waals surface area (Å²) in [7, 11) is 0. The number of aromatic nitrogens is 4. The molecule has 1 unspecified atom stereocenters. The summed E-state index contributed by atoms with van der Waals surface area (Å²) in [5, 5.41) is 18.8. The Balaban J connectivity index is 1.91. The second-order valence-electron chi connectivity index (χ2n) is 7.47. The molecule has 0 spiro atoms. The minimum atomic E-state index is -0.760. The molecule has 0 aliphatic carbocycles. The number of fused-ring (bicyclic) bond motifs is 4. The summed E-state index contributed by atoms with van der Waals surface area (Å²) in [5.41, 5.74) is 2.91. The van der Waals surface area contributed by atoms with Gasteiger partial charge in [0.15, 0.2) is 0 Å².